The van der Waals surface area contributed by atoms with Crippen molar-refractivity contribution in [1.82, 2.24) is 9.80 Å². The van der Waals surface area contributed by atoms with Gasteiger partial charge in [-0.05, 0) is 70.7 Å². The van der Waals surface area contributed by atoms with Gasteiger partial charge in [-0.15, -0.1) is 0 Å². The largest absolute Gasteiger partial charge is 0.444 e. The molecule has 31 heavy (non-hydrogen) atoms. The maximum Gasteiger partial charge on any atom is 0.410 e. The maximum absolute atomic E-state index is 13.0. The summed E-state index contributed by atoms with van der Waals surface area (Å²) in [6, 6.07) is 5.43. The van der Waals surface area contributed by atoms with Crippen LogP contribution in [0.4, 0.5) is 4.79 Å². The molecule has 0 bridgehead atoms. The Kier molecular flexibility index (Phi) is 8.14. The Morgan fingerprint density at radius 1 is 1.26 bits per heavy atom. The number of ether oxygens (including phenoxy) is 1. The monoisotopic (exact) mass is 471 g/mol. The summed E-state index contributed by atoms with van der Waals surface area (Å²) in [4.78, 5) is 17.0. The number of nitrogens with zero attached hydrogens (tertiary/aromatic N) is 2. The van der Waals surface area contributed by atoms with Gasteiger partial charge in [-0.25, -0.2) is 4.79 Å². The Hall–Kier alpha value is -1.05. The van der Waals surface area contributed by atoms with Crippen LogP contribution in [-0.4, -0.2) is 71.0 Å². The van der Waals surface area contributed by atoms with Crippen molar-refractivity contribution in [2.45, 2.75) is 76.2 Å². The molecular formula is C23H35Cl2N3O3. The molecule has 2 fully saturated rings. The summed E-state index contributed by atoms with van der Waals surface area (Å²) in [6.45, 7) is 8.53. The quantitative estimate of drug-likeness (QED) is 0.685. The first-order chi connectivity index (χ1) is 14.5. The third-order valence-electron chi connectivity index (χ3n) is 6.15. The molecule has 2 unspecified atom stereocenters. The number of hydrogen-bond donors (Lipinski definition) is 2. The molecule has 2 saturated heterocycles. The Labute approximate surface area is 195 Å². The van der Waals surface area contributed by atoms with E-state index in [1.54, 1.807) is 11.0 Å². The number of aliphatic hydroxyl groups excluding tert-OH is 1. The van der Waals surface area contributed by atoms with Crippen LogP contribution in [0.5, 0.6) is 0 Å². The normalized spacial score (nSPS) is 27.9. The zero-order chi connectivity index (χ0) is 22.8. The molecule has 3 rings (SSSR count). The second kappa shape index (κ2) is 10.3. The van der Waals surface area contributed by atoms with E-state index in [4.69, 9.17) is 33.7 Å². The third-order valence-corrected chi connectivity index (χ3v) is 6.89. The highest BCUT2D eigenvalue weighted by Crippen LogP contribution is 2.36. The van der Waals surface area contributed by atoms with Crippen LogP contribution in [0.15, 0.2) is 18.2 Å². The highest BCUT2D eigenvalue weighted by atomic mass is 35.5. The van der Waals surface area contributed by atoms with E-state index >= 15 is 0 Å². The number of rotatable bonds is 4. The van der Waals surface area contributed by atoms with Crippen LogP contribution < -0.4 is 5.73 Å². The van der Waals surface area contributed by atoms with E-state index in [0.717, 1.165) is 44.3 Å². The number of nitrogens with two attached hydrogens (primary N) is 1. The third kappa shape index (κ3) is 6.72. The van der Waals surface area contributed by atoms with E-state index in [0.29, 0.717) is 23.1 Å². The summed E-state index contributed by atoms with van der Waals surface area (Å²) in [6.07, 6.45) is 2.81. The lowest BCUT2D eigenvalue weighted by Crippen LogP contribution is -2.56. The molecule has 4 atom stereocenters. The molecule has 0 aromatic heterocycles. The van der Waals surface area contributed by atoms with Crippen LogP contribution >= 0.6 is 23.2 Å². The standard InChI is InChI=1S/C23H35Cl2N3O3/c1-23(2,3)31-22(30)28-14-21(26)18(15-6-7-19(24)20(25)11-15)12-16(28)8-10-27-9-4-5-17(29)13-27/h6-7,11,16-18,21,29H,4-5,8-10,12-14,26H2,1-3H3/t16?,17?,18-,21+/m0/s1. The second-order valence-electron chi connectivity index (χ2n) is 9.85. The highest BCUT2D eigenvalue weighted by molar-refractivity contribution is 6.42. The number of piperidine rings is 2. The van der Waals surface area contributed by atoms with Gasteiger partial charge >= 0.3 is 6.09 Å². The molecule has 2 aliphatic heterocycles. The van der Waals surface area contributed by atoms with E-state index in [1.807, 2.05) is 32.9 Å². The first-order valence-corrected chi connectivity index (χ1v) is 11.9. The van der Waals surface area contributed by atoms with E-state index in [-0.39, 0.29) is 30.2 Å². The van der Waals surface area contributed by atoms with Crippen LogP contribution in [0.1, 0.15) is 57.9 Å². The van der Waals surface area contributed by atoms with Crippen LogP contribution in [0.2, 0.25) is 10.0 Å². The Morgan fingerprint density at radius 2 is 2.00 bits per heavy atom. The van der Waals surface area contributed by atoms with Crippen molar-refractivity contribution in [2.75, 3.05) is 26.2 Å². The van der Waals surface area contributed by atoms with Crippen molar-refractivity contribution in [1.29, 1.82) is 0 Å². The summed E-state index contributed by atoms with van der Waals surface area (Å²) in [5, 5.41) is 11.0. The summed E-state index contributed by atoms with van der Waals surface area (Å²) in [5.74, 6) is 0.0744. The second-order valence-corrected chi connectivity index (χ2v) is 10.7. The number of benzene rings is 1. The van der Waals surface area contributed by atoms with E-state index in [2.05, 4.69) is 4.90 Å². The lowest BCUT2D eigenvalue weighted by atomic mass is 9.81. The maximum atomic E-state index is 13.0. The van der Waals surface area contributed by atoms with Crippen molar-refractivity contribution in [3.8, 4) is 0 Å². The fourth-order valence-corrected chi connectivity index (χ4v) is 4.92. The molecule has 2 heterocycles. The highest BCUT2D eigenvalue weighted by Gasteiger charge is 2.39. The lowest BCUT2D eigenvalue weighted by Gasteiger charge is -2.44. The molecule has 1 aromatic rings. The minimum absolute atomic E-state index is 0.00632. The Bertz CT molecular complexity index is 771. The average Bonchev–Trinajstić information content (AvgIpc) is 2.67. The lowest BCUT2D eigenvalue weighted by molar-refractivity contribution is 0.00113. The van der Waals surface area contributed by atoms with Gasteiger partial charge in [0.05, 0.1) is 16.1 Å². The van der Waals surface area contributed by atoms with Crippen molar-refractivity contribution in [3.63, 3.8) is 0 Å². The van der Waals surface area contributed by atoms with Gasteiger partial charge in [0.2, 0.25) is 0 Å². The van der Waals surface area contributed by atoms with Crippen molar-refractivity contribution in [3.05, 3.63) is 33.8 Å². The molecule has 3 N–H and O–H groups in total. The fourth-order valence-electron chi connectivity index (χ4n) is 4.61. The first kappa shape index (κ1) is 24.6. The molecule has 6 nitrogen and oxygen atoms in total. The van der Waals surface area contributed by atoms with Gasteiger partial charge in [0.1, 0.15) is 5.60 Å². The fraction of sp³-hybridized carbons (Fsp3) is 0.696. The summed E-state index contributed by atoms with van der Waals surface area (Å²) in [5.41, 5.74) is 7.02. The van der Waals surface area contributed by atoms with E-state index in [9.17, 15) is 9.90 Å². The Balaban J connectivity index is 1.76. The predicted molar refractivity (Wildman–Crippen MR) is 125 cm³/mol. The minimum Gasteiger partial charge on any atom is -0.444 e. The number of aliphatic hydroxyl groups is 1. The molecule has 8 heteroatoms. The number of likely N-dealkylation sites (tertiary alicyclic amines) is 2. The van der Waals surface area contributed by atoms with Crippen LogP contribution in [0, 0.1) is 0 Å². The van der Waals surface area contributed by atoms with Gasteiger partial charge in [-0.2, -0.15) is 0 Å². The molecule has 0 saturated carbocycles. The number of carbonyl (C=O) groups is 1. The number of halogens is 2. The molecule has 0 aliphatic carbocycles. The molecule has 0 spiro atoms. The van der Waals surface area contributed by atoms with Gasteiger partial charge in [0.15, 0.2) is 0 Å². The number of β-amino-alcohol motifs (C(OH)–C–C–N with tert-alkyl or cyclic N) is 1. The average molecular weight is 472 g/mol. The smallest absolute Gasteiger partial charge is 0.410 e. The minimum atomic E-state index is -0.566. The molecule has 0 radical (unpaired) electrons. The summed E-state index contributed by atoms with van der Waals surface area (Å²) >= 11 is 12.4. The van der Waals surface area contributed by atoms with Gasteiger partial charge in [-0.3, -0.25) is 0 Å². The van der Waals surface area contributed by atoms with Crippen LogP contribution in [0.25, 0.3) is 0 Å². The van der Waals surface area contributed by atoms with Gasteiger partial charge in [0, 0.05) is 37.6 Å². The Morgan fingerprint density at radius 3 is 2.65 bits per heavy atom. The number of hydrogen-bond acceptors (Lipinski definition) is 5. The van der Waals surface area contributed by atoms with Crippen molar-refractivity contribution >= 4 is 29.3 Å². The van der Waals surface area contributed by atoms with E-state index in [1.165, 1.54) is 0 Å². The van der Waals surface area contributed by atoms with Crippen molar-refractivity contribution < 1.29 is 14.6 Å². The molecule has 1 amide bonds. The molecule has 1 aromatic carbocycles. The van der Waals surface area contributed by atoms with Gasteiger partial charge < -0.3 is 25.4 Å². The van der Waals surface area contributed by atoms with Gasteiger partial charge in [0.25, 0.3) is 0 Å². The zero-order valence-corrected chi connectivity index (χ0v) is 20.2. The summed E-state index contributed by atoms with van der Waals surface area (Å²) < 4.78 is 5.68. The topological polar surface area (TPSA) is 79.0 Å². The summed E-state index contributed by atoms with van der Waals surface area (Å²) in [7, 11) is 0. The van der Waals surface area contributed by atoms with E-state index < -0.39 is 5.60 Å². The van der Waals surface area contributed by atoms with Crippen molar-refractivity contribution in [2.24, 2.45) is 5.73 Å². The SMILES string of the molecule is CC(C)(C)OC(=O)N1C[C@@H](N)[C@H](c2ccc(Cl)c(Cl)c2)CC1CCN1CCCC(O)C1. The molecular weight excluding hydrogens is 437 g/mol. The van der Waals surface area contributed by atoms with Gasteiger partial charge in [-0.1, -0.05) is 29.3 Å². The number of carbonyl (C=O) groups excluding carboxylic acids is 1. The number of amides is 1. The zero-order valence-electron chi connectivity index (χ0n) is 18.7. The molecule has 2 aliphatic rings. The first-order valence-electron chi connectivity index (χ1n) is 11.1. The predicted octanol–water partition coefficient (Wildman–Crippen LogP) is 4.26. The van der Waals surface area contributed by atoms with Crippen LogP contribution in [-0.2, 0) is 4.74 Å². The van der Waals surface area contributed by atoms with Crippen LogP contribution in [0.3, 0.4) is 0 Å². The molecule has 174 valence electrons.